The lowest BCUT2D eigenvalue weighted by molar-refractivity contribution is -0.413. The highest BCUT2D eigenvalue weighted by molar-refractivity contribution is 5.77. The quantitative estimate of drug-likeness (QED) is 0.573. The van der Waals surface area contributed by atoms with Crippen molar-refractivity contribution in [2.24, 2.45) is 0 Å². The summed E-state index contributed by atoms with van der Waals surface area (Å²) in [7, 11) is 0. The van der Waals surface area contributed by atoms with Gasteiger partial charge in [0.1, 0.15) is 18.3 Å². The number of hydrogen-bond donors (Lipinski definition) is 0. The summed E-state index contributed by atoms with van der Waals surface area (Å²) >= 11 is 0. The molecule has 4 atom stereocenters. The van der Waals surface area contributed by atoms with E-state index in [-0.39, 0.29) is 18.2 Å². The predicted molar refractivity (Wildman–Crippen MR) is 109 cm³/mol. The monoisotopic (exact) mass is 436 g/mol. The highest BCUT2D eigenvalue weighted by Crippen LogP contribution is 2.48. The van der Waals surface area contributed by atoms with Crippen LogP contribution in [0, 0.1) is 0 Å². The molecule has 7 heteroatoms. The first-order valence-electron chi connectivity index (χ1n) is 12.7. The van der Waals surface area contributed by atoms with Gasteiger partial charge in [0.15, 0.2) is 17.7 Å². The first kappa shape index (κ1) is 20.8. The van der Waals surface area contributed by atoms with Crippen LogP contribution in [0.3, 0.4) is 0 Å². The van der Waals surface area contributed by atoms with E-state index in [0.29, 0.717) is 6.61 Å². The van der Waals surface area contributed by atoms with E-state index in [4.69, 9.17) is 28.4 Å². The molecule has 0 N–H and O–H groups in total. The maximum atomic E-state index is 13.2. The summed E-state index contributed by atoms with van der Waals surface area (Å²) in [5.74, 6) is -2.35. The Morgan fingerprint density at radius 2 is 1.13 bits per heavy atom. The van der Waals surface area contributed by atoms with Crippen LogP contribution in [-0.2, 0) is 33.2 Å². The fourth-order valence-electron chi connectivity index (χ4n) is 6.65. The van der Waals surface area contributed by atoms with Gasteiger partial charge in [0, 0.05) is 38.5 Å². The standard InChI is InChI=1S/C24H36O7/c25-21-20-19(29-24(31-21)14-8-3-9-15-24)18(28-23(30-20)12-6-2-7-13-23)17-16-26-22(27-17)10-4-1-5-11-22/h17-20H,1-16H2/t17-,18-,19+,20+/m1/s1. The van der Waals surface area contributed by atoms with Crippen molar-refractivity contribution in [3.63, 3.8) is 0 Å². The van der Waals surface area contributed by atoms with Crippen LogP contribution in [0.2, 0.25) is 0 Å². The van der Waals surface area contributed by atoms with E-state index in [1.165, 1.54) is 12.8 Å². The minimum atomic E-state index is -0.833. The molecule has 0 aromatic heterocycles. The third-order valence-corrected chi connectivity index (χ3v) is 8.27. The lowest BCUT2D eigenvalue weighted by Crippen LogP contribution is -2.69. The molecule has 7 nitrogen and oxygen atoms in total. The van der Waals surface area contributed by atoms with Crippen LogP contribution in [0.15, 0.2) is 0 Å². The topological polar surface area (TPSA) is 72.5 Å². The summed E-state index contributed by atoms with van der Waals surface area (Å²) in [5.41, 5.74) is 0. The molecule has 0 bridgehead atoms. The average molecular weight is 437 g/mol. The summed E-state index contributed by atoms with van der Waals surface area (Å²) in [6.45, 7) is 0.482. The molecule has 0 aromatic rings. The van der Waals surface area contributed by atoms with E-state index in [0.717, 1.165) is 83.5 Å². The molecule has 3 aliphatic carbocycles. The molecule has 0 unspecified atom stereocenters. The molecule has 0 amide bonds. The Labute approximate surface area is 184 Å². The van der Waals surface area contributed by atoms with Gasteiger partial charge >= 0.3 is 5.97 Å². The molecule has 3 aliphatic heterocycles. The van der Waals surface area contributed by atoms with Gasteiger partial charge in [0.05, 0.1) is 6.61 Å². The zero-order valence-corrected chi connectivity index (χ0v) is 18.5. The molecule has 0 aromatic carbocycles. The number of rotatable bonds is 1. The molecule has 3 heterocycles. The van der Waals surface area contributed by atoms with Crippen LogP contribution < -0.4 is 0 Å². The Morgan fingerprint density at radius 3 is 1.77 bits per heavy atom. The lowest BCUT2D eigenvalue weighted by atomic mass is 9.88. The van der Waals surface area contributed by atoms with E-state index in [9.17, 15) is 4.79 Å². The predicted octanol–water partition coefficient (Wildman–Crippen LogP) is 4.11. The van der Waals surface area contributed by atoms with Crippen molar-refractivity contribution in [1.82, 2.24) is 0 Å². The molecule has 31 heavy (non-hydrogen) atoms. The fourth-order valence-corrected chi connectivity index (χ4v) is 6.65. The number of fused-ring (bicyclic) bond motifs is 1. The summed E-state index contributed by atoms with van der Waals surface area (Å²) in [4.78, 5) is 13.2. The molecule has 6 rings (SSSR count). The number of ether oxygens (including phenoxy) is 6. The lowest BCUT2D eigenvalue weighted by Gasteiger charge is -2.55. The van der Waals surface area contributed by atoms with Crippen LogP contribution in [0.4, 0.5) is 0 Å². The van der Waals surface area contributed by atoms with Crippen LogP contribution in [0.5, 0.6) is 0 Å². The normalized spacial score (nSPS) is 41.2. The van der Waals surface area contributed by atoms with Gasteiger partial charge in [-0.25, -0.2) is 4.79 Å². The first-order chi connectivity index (χ1) is 15.1. The first-order valence-corrected chi connectivity index (χ1v) is 12.7. The Balaban J connectivity index is 1.29. The highest BCUT2D eigenvalue weighted by atomic mass is 16.8. The SMILES string of the molecule is O=C1OC2(CCCCC2)O[C@H]2[C@@H]([C@H]3COC4(CCCCC4)O3)OC3(CCCCC3)O[C@H]12. The van der Waals surface area contributed by atoms with Gasteiger partial charge in [-0.3, -0.25) is 0 Å². The second-order valence-electron chi connectivity index (χ2n) is 10.5. The van der Waals surface area contributed by atoms with Crippen LogP contribution in [-0.4, -0.2) is 54.4 Å². The Hall–Kier alpha value is -0.730. The smallest absolute Gasteiger partial charge is 0.340 e. The molecule has 6 fully saturated rings. The van der Waals surface area contributed by atoms with Crippen LogP contribution in [0.1, 0.15) is 96.3 Å². The van der Waals surface area contributed by atoms with Gasteiger partial charge in [-0.15, -0.1) is 0 Å². The molecule has 3 spiro atoms. The zero-order valence-electron chi connectivity index (χ0n) is 18.5. The van der Waals surface area contributed by atoms with Gasteiger partial charge < -0.3 is 28.4 Å². The summed E-state index contributed by atoms with van der Waals surface area (Å²) in [6.07, 6.45) is 12.9. The van der Waals surface area contributed by atoms with Crippen molar-refractivity contribution < 1.29 is 33.2 Å². The minimum Gasteiger partial charge on any atom is -0.431 e. The van der Waals surface area contributed by atoms with Crippen molar-refractivity contribution >= 4 is 5.97 Å². The summed E-state index contributed by atoms with van der Waals surface area (Å²) in [6, 6.07) is 0. The largest absolute Gasteiger partial charge is 0.431 e. The minimum absolute atomic E-state index is 0.250. The maximum Gasteiger partial charge on any atom is 0.340 e. The molecular weight excluding hydrogens is 400 g/mol. The van der Waals surface area contributed by atoms with Crippen molar-refractivity contribution in [2.45, 2.75) is 138 Å². The Bertz CT molecular complexity index is 675. The van der Waals surface area contributed by atoms with Crippen LogP contribution >= 0.6 is 0 Å². The van der Waals surface area contributed by atoms with Crippen molar-refractivity contribution in [3.8, 4) is 0 Å². The molecule has 3 saturated heterocycles. The number of carbonyl (C=O) groups is 1. The average Bonchev–Trinajstić information content (AvgIpc) is 3.19. The molecule has 6 aliphatic rings. The van der Waals surface area contributed by atoms with E-state index in [1.807, 2.05) is 0 Å². The molecular formula is C24H36O7. The highest BCUT2D eigenvalue weighted by Gasteiger charge is 2.62. The number of carbonyl (C=O) groups excluding carboxylic acids is 1. The van der Waals surface area contributed by atoms with Gasteiger partial charge in [-0.05, 0) is 38.5 Å². The Morgan fingerprint density at radius 1 is 0.581 bits per heavy atom. The van der Waals surface area contributed by atoms with Gasteiger partial charge in [0.2, 0.25) is 5.79 Å². The Kier molecular flexibility index (Phi) is 5.34. The van der Waals surface area contributed by atoms with Crippen molar-refractivity contribution in [2.75, 3.05) is 6.61 Å². The third-order valence-electron chi connectivity index (χ3n) is 8.27. The van der Waals surface area contributed by atoms with E-state index in [2.05, 4.69) is 0 Å². The van der Waals surface area contributed by atoms with Crippen molar-refractivity contribution in [3.05, 3.63) is 0 Å². The van der Waals surface area contributed by atoms with Gasteiger partial charge in [-0.2, -0.15) is 0 Å². The van der Waals surface area contributed by atoms with E-state index >= 15 is 0 Å². The van der Waals surface area contributed by atoms with Crippen molar-refractivity contribution in [1.29, 1.82) is 0 Å². The molecule has 0 radical (unpaired) electrons. The molecule has 174 valence electrons. The van der Waals surface area contributed by atoms with Gasteiger partial charge in [0.25, 0.3) is 0 Å². The second-order valence-corrected chi connectivity index (χ2v) is 10.5. The number of esters is 1. The zero-order chi connectivity index (χ0) is 20.9. The van der Waals surface area contributed by atoms with Crippen LogP contribution in [0.25, 0.3) is 0 Å². The number of hydrogen-bond acceptors (Lipinski definition) is 7. The summed E-state index contributed by atoms with van der Waals surface area (Å²) < 4.78 is 38.5. The van der Waals surface area contributed by atoms with Gasteiger partial charge in [-0.1, -0.05) is 19.3 Å². The van der Waals surface area contributed by atoms with E-state index < -0.39 is 29.6 Å². The second kappa shape index (κ2) is 7.94. The summed E-state index contributed by atoms with van der Waals surface area (Å²) in [5, 5.41) is 0. The third kappa shape index (κ3) is 3.74. The van der Waals surface area contributed by atoms with E-state index in [1.54, 1.807) is 0 Å². The fraction of sp³-hybridized carbons (Fsp3) is 0.958. The maximum absolute atomic E-state index is 13.2. The molecule has 3 saturated carbocycles.